The number of hydrogen-bond acceptors (Lipinski definition) is 8. The third-order valence-electron chi connectivity index (χ3n) is 5.89. The number of rotatable bonds is 9. The van der Waals surface area contributed by atoms with Crippen molar-refractivity contribution in [2.24, 2.45) is 0 Å². The zero-order valence-electron chi connectivity index (χ0n) is 20.5. The maximum absolute atomic E-state index is 12.8. The van der Waals surface area contributed by atoms with Gasteiger partial charge in [-0.15, -0.1) is 0 Å². The second-order valence-corrected chi connectivity index (χ2v) is 8.64. The Balaban J connectivity index is 1.47. The van der Waals surface area contributed by atoms with Crippen LogP contribution in [0.15, 0.2) is 54.6 Å². The Morgan fingerprint density at radius 1 is 1.00 bits per heavy atom. The van der Waals surface area contributed by atoms with E-state index in [4.69, 9.17) is 4.74 Å². The van der Waals surface area contributed by atoms with E-state index < -0.39 is 46.9 Å². The fraction of sp³-hybridized carbons (Fsp3) is 0.360. The van der Waals surface area contributed by atoms with Crippen LogP contribution >= 0.6 is 0 Å². The first kappa shape index (κ1) is 27.1. The number of carbonyl (C=O) groups is 4. The van der Waals surface area contributed by atoms with Gasteiger partial charge in [0.15, 0.2) is 0 Å². The van der Waals surface area contributed by atoms with Gasteiger partial charge in [-0.1, -0.05) is 30.3 Å². The zero-order valence-corrected chi connectivity index (χ0v) is 20.5. The molecule has 2 aromatic carbocycles. The monoisotopic (exact) mass is 511 g/mol. The van der Waals surface area contributed by atoms with Crippen LogP contribution in [-0.2, 0) is 25.7 Å². The Morgan fingerprint density at radius 3 is 2.30 bits per heavy atom. The molecule has 0 saturated carbocycles. The number of nitrogens with one attached hydrogen (secondary N) is 3. The van der Waals surface area contributed by atoms with Crippen LogP contribution in [0.4, 0.5) is 16.2 Å². The van der Waals surface area contributed by atoms with Crippen molar-refractivity contribution in [3.05, 3.63) is 70.3 Å². The van der Waals surface area contributed by atoms with Gasteiger partial charge in [-0.3, -0.25) is 29.8 Å². The van der Waals surface area contributed by atoms with Crippen molar-refractivity contribution < 1.29 is 28.8 Å². The van der Waals surface area contributed by atoms with Gasteiger partial charge in [-0.05, 0) is 44.4 Å². The summed E-state index contributed by atoms with van der Waals surface area (Å²) in [5, 5.41) is 18.1. The summed E-state index contributed by atoms with van der Waals surface area (Å²) in [6, 6.07) is 12.2. The van der Waals surface area contributed by atoms with E-state index in [0.717, 1.165) is 5.56 Å². The summed E-state index contributed by atoms with van der Waals surface area (Å²) in [4.78, 5) is 61.9. The molecule has 1 saturated heterocycles. The van der Waals surface area contributed by atoms with E-state index >= 15 is 0 Å². The van der Waals surface area contributed by atoms with Crippen LogP contribution < -0.4 is 20.9 Å². The van der Waals surface area contributed by atoms with E-state index in [-0.39, 0.29) is 12.3 Å². The largest absolute Gasteiger partial charge is 0.445 e. The van der Waals surface area contributed by atoms with Crippen molar-refractivity contribution in [3.8, 4) is 0 Å². The highest BCUT2D eigenvalue weighted by Crippen LogP contribution is 2.27. The molecule has 2 aromatic rings. The molecule has 3 N–H and O–H groups in total. The summed E-state index contributed by atoms with van der Waals surface area (Å²) in [5.74, 6) is -1.86. The number of nitro groups is 1. The van der Waals surface area contributed by atoms with Crippen LogP contribution in [0.1, 0.15) is 32.3 Å². The molecule has 12 nitrogen and oxygen atoms in total. The average molecular weight is 512 g/mol. The number of imide groups is 1. The molecule has 196 valence electrons. The lowest BCUT2D eigenvalue weighted by atomic mass is 10.1. The van der Waals surface area contributed by atoms with Crippen LogP contribution in [0.2, 0.25) is 0 Å². The minimum atomic E-state index is -1.05. The van der Waals surface area contributed by atoms with E-state index in [2.05, 4.69) is 16.0 Å². The van der Waals surface area contributed by atoms with Gasteiger partial charge >= 0.3 is 6.09 Å². The molecule has 0 aliphatic carbocycles. The first-order valence-corrected chi connectivity index (χ1v) is 11.8. The van der Waals surface area contributed by atoms with Crippen molar-refractivity contribution in [1.29, 1.82) is 0 Å². The molecule has 0 spiro atoms. The third kappa shape index (κ3) is 7.50. The second-order valence-electron chi connectivity index (χ2n) is 8.64. The van der Waals surface area contributed by atoms with Crippen LogP contribution in [0, 0.1) is 10.1 Å². The number of benzene rings is 2. The van der Waals surface area contributed by atoms with Crippen LogP contribution in [0.5, 0.6) is 0 Å². The average Bonchev–Trinajstić information content (AvgIpc) is 3.38. The lowest BCUT2D eigenvalue weighted by Crippen LogP contribution is -2.54. The minimum Gasteiger partial charge on any atom is -0.445 e. The predicted molar refractivity (Wildman–Crippen MR) is 133 cm³/mol. The fourth-order valence-corrected chi connectivity index (χ4v) is 3.84. The van der Waals surface area contributed by atoms with E-state index in [0.29, 0.717) is 25.1 Å². The second kappa shape index (κ2) is 12.5. The summed E-state index contributed by atoms with van der Waals surface area (Å²) in [6.45, 7) is 3.46. The predicted octanol–water partition coefficient (Wildman–Crippen LogP) is 2.03. The maximum Gasteiger partial charge on any atom is 0.408 e. The lowest BCUT2D eigenvalue weighted by Gasteiger charge is -2.26. The molecule has 0 unspecified atom stereocenters. The van der Waals surface area contributed by atoms with Gasteiger partial charge in [0.2, 0.25) is 17.7 Å². The van der Waals surface area contributed by atoms with Gasteiger partial charge in [0.25, 0.3) is 5.69 Å². The maximum atomic E-state index is 12.8. The molecule has 1 aliphatic rings. The van der Waals surface area contributed by atoms with Crippen LogP contribution in [0.25, 0.3) is 0 Å². The number of non-ortho nitro benzene ring substituents is 1. The smallest absolute Gasteiger partial charge is 0.408 e. The highest BCUT2D eigenvalue weighted by Gasteiger charge is 2.33. The zero-order chi connectivity index (χ0) is 26.9. The van der Waals surface area contributed by atoms with Gasteiger partial charge in [-0.2, -0.15) is 0 Å². The number of nitro benzene ring substituents is 1. The van der Waals surface area contributed by atoms with E-state index in [1.165, 1.54) is 26.0 Å². The van der Waals surface area contributed by atoms with Crippen LogP contribution in [0.3, 0.4) is 0 Å². The van der Waals surface area contributed by atoms with Crippen molar-refractivity contribution in [1.82, 2.24) is 16.0 Å². The number of nitrogens with zero attached hydrogens (tertiary/aromatic N) is 2. The summed E-state index contributed by atoms with van der Waals surface area (Å²) in [5.41, 5.74) is 1.37. The number of anilines is 1. The van der Waals surface area contributed by atoms with Crippen molar-refractivity contribution >= 4 is 35.2 Å². The van der Waals surface area contributed by atoms with Gasteiger partial charge < -0.3 is 20.3 Å². The van der Waals surface area contributed by atoms with E-state index in [1.54, 1.807) is 29.2 Å². The van der Waals surface area contributed by atoms with Gasteiger partial charge in [-0.25, -0.2) is 4.79 Å². The van der Waals surface area contributed by atoms with Gasteiger partial charge in [0.05, 0.1) is 4.92 Å². The van der Waals surface area contributed by atoms with Gasteiger partial charge in [0, 0.05) is 24.4 Å². The Kier molecular flexibility index (Phi) is 9.14. The number of carbonyl (C=O) groups excluding carboxylic acids is 4. The van der Waals surface area contributed by atoms with Crippen LogP contribution in [-0.4, -0.2) is 53.4 Å². The van der Waals surface area contributed by atoms with Gasteiger partial charge in [0.1, 0.15) is 24.7 Å². The normalized spacial score (nSPS) is 16.3. The molecule has 0 aromatic heterocycles. The fourth-order valence-electron chi connectivity index (χ4n) is 3.84. The SMILES string of the molecule is C[C@H](NC(=O)OCc1ccccc1)C(=O)N[C@@H](C)C(=O)NC(=O)[C@@H]1CCCN1c1ccc([N+](=O)[O-])cc1. The molecule has 12 heteroatoms. The molecule has 0 bridgehead atoms. The molecule has 1 fully saturated rings. The van der Waals surface area contributed by atoms with E-state index in [1.807, 2.05) is 18.2 Å². The molecule has 37 heavy (non-hydrogen) atoms. The molecule has 1 heterocycles. The minimum absolute atomic E-state index is 0.0417. The number of hydrogen-bond donors (Lipinski definition) is 3. The number of ether oxygens (including phenoxy) is 1. The molecule has 3 atom stereocenters. The van der Waals surface area contributed by atoms with Crippen molar-refractivity contribution in [2.75, 3.05) is 11.4 Å². The Labute approximate surface area is 213 Å². The number of amides is 4. The lowest BCUT2D eigenvalue weighted by molar-refractivity contribution is -0.384. The first-order chi connectivity index (χ1) is 17.7. The molecule has 3 rings (SSSR count). The molecule has 1 aliphatic heterocycles. The molecule has 4 amide bonds. The summed E-state index contributed by atoms with van der Waals surface area (Å²) < 4.78 is 5.08. The standard InChI is InChI=1S/C25H29N5O7/c1-16(26-22(31)17(2)27-25(34)37-15-18-7-4-3-5-8-18)23(32)28-24(33)21-9-6-14-29(21)19-10-12-20(13-11-19)30(35)36/h3-5,7-8,10-13,16-17,21H,6,9,14-15H2,1-2H3,(H,26,31)(H,27,34)(H,28,32,33)/t16-,17-,21-/m0/s1. The molecular formula is C25H29N5O7. The topological polar surface area (TPSA) is 160 Å². The highest BCUT2D eigenvalue weighted by molar-refractivity contribution is 6.02. The molecular weight excluding hydrogens is 482 g/mol. The molecule has 0 radical (unpaired) electrons. The van der Waals surface area contributed by atoms with Crippen molar-refractivity contribution in [2.45, 2.75) is 51.4 Å². The quantitative estimate of drug-likeness (QED) is 0.340. The highest BCUT2D eigenvalue weighted by atomic mass is 16.6. The summed E-state index contributed by atoms with van der Waals surface area (Å²) in [6.07, 6.45) is 0.425. The summed E-state index contributed by atoms with van der Waals surface area (Å²) >= 11 is 0. The Bertz CT molecular complexity index is 1140. The third-order valence-corrected chi connectivity index (χ3v) is 5.89. The number of alkyl carbamates (subject to hydrolysis) is 1. The first-order valence-electron chi connectivity index (χ1n) is 11.8. The Hall–Kier alpha value is -4.48. The van der Waals surface area contributed by atoms with E-state index in [9.17, 15) is 29.3 Å². The Morgan fingerprint density at radius 2 is 1.65 bits per heavy atom. The van der Waals surface area contributed by atoms with Crippen molar-refractivity contribution in [3.63, 3.8) is 0 Å². The summed E-state index contributed by atoms with van der Waals surface area (Å²) in [7, 11) is 0.